The van der Waals surface area contributed by atoms with E-state index in [1.54, 1.807) is 11.8 Å². The first kappa shape index (κ1) is 8.91. The van der Waals surface area contributed by atoms with Crippen LogP contribution >= 0.6 is 11.8 Å². The molecular formula is C10H13NOS. The minimum Gasteiger partial charge on any atom is -0.377 e. The highest BCUT2D eigenvalue weighted by molar-refractivity contribution is 7.98. The van der Waals surface area contributed by atoms with E-state index in [2.05, 4.69) is 35.8 Å². The van der Waals surface area contributed by atoms with Gasteiger partial charge in [-0.05, 0) is 18.4 Å². The zero-order valence-corrected chi connectivity index (χ0v) is 8.43. The Morgan fingerprint density at radius 3 is 2.77 bits per heavy atom. The third-order valence-electron chi connectivity index (χ3n) is 2.10. The summed E-state index contributed by atoms with van der Waals surface area (Å²) in [5, 5.41) is 3.45. The summed E-state index contributed by atoms with van der Waals surface area (Å²) in [4.78, 5) is 1.30. The van der Waals surface area contributed by atoms with E-state index in [1.165, 1.54) is 10.6 Å². The summed E-state index contributed by atoms with van der Waals surface area (Å²) in [5.41, 5.74) is 1.23. The lowest BCUT2D eigenvalue weighted by Crippen LogP contribution is -2.40. The molecule has 1 saturated heterocycles. The Balaban J connectivity index is 2.08. The SMILES string of the molecule is CSc1ccccc1NC1COC1. The summed E-state index contributed by atoms with van der Waals surface area (Å²) in [5.74, 6) is 0. The van der Waals surface area contributed by atoms with Crippen LogP contribution in [0.1, 0.15) is 0 Å². The Morgan fingerprint density at radius 2 is 2.15 bits per heavy atom. The van der Waals surface area contributed by atoms with Gasteiger partial charge < -0.3 is 10.1 Å². The van der Waals surface area contributed by atoms with Crippen LogP contribution < -0.4 is 5.32 Å². The van der Waals surface area contributed by atoms with Gasteiger partial charge in [-0.2, -0.15) is 0 Å². The van der Waals surface area contributed by atoms with Gasteiger partial charge in [0.15, 0.2) is 0 Å². The molecule has 70 valence electrons. The maximum atomic E-state index is 5.11. The summed E-state index contributed by atoms with van der Waals surface area (Å²) in [6.45, 7) is 1.67. The molecule has 13 heavy (non-hydrogen) atoms. The van der Waals surface area contributed by atoms with Crippen LogP contribution in [0.4, 0.5) is 5.69 Å². The van der Waals surface area contributed by atoms with E-state index in [1.807, 2.05) is 0 Å². The topological polar surface area (TPSA) is 21.3 Å². The van der Waals surface area contributed by atoms with E-state index in [9.17, 15) is 0 Å². The zero-order chi connectivity index (χ0) is 9.10. The van der Waals surface area contributed by atoms with Crippen molar-refractivity contribution in [2.75, 3.05) is 24.8 Å². The highest BCUT2D eigenvalue weighted by Crippen LogP contribution is 2.25. The Labute approximate surface area is 82.7 Å². The smallest absolute Gasteiger partial charge is 0.0729 e. The van der Waals surface area contributed by atoms with Gasteiger partial charge in [-0.3, -0.25) is 0 Å². The summed E-state index contributed by atoms with van der Waals surface area (Å²) < 4.78 is 5.11. The van der Waals surface area contributed by atoms with E-state index in [0.717, 1.165) is 13.2 Å². The van der Waals surface area contributed by atoms with Gasteiger partial charge in [0.25, 0.3) is 0 Å². The molecule has 0 spiro atoms. The number of hydrogen-bond donors (Lipinski definition) is 1. The molecule has 2 rings (SSSR count). The average molecular weight is 195 g/mol. The van der Waals surface area contributed by atoms with Crippen molar-refractivity contribution in [1.29, 1.82) is 0 Å². The number of benzene rings is 1. The fraction of sp³-hybridized carbons (Fsp3) is 0.400. The molecule has 1 aliphatic rings. The summed E-state index contributed by atoms with van der Waals surface area (Å²) in [7, 11) is 0. The molecule has 1 aromatic rings. The predicted octanol–water partition coefficient (Wildman–Crippen LogP) is 2.22. The van der Waals surface area contributed by atoms with E-state index in [0.29, 0.717) is 6.04 Å². The number of ether oxygens (including phenoxy) is 1. The van der Waals surface area contributed by atoms with E-state index in [4.69, 9.17) is 4.74 Å². The van der Waals surface area contributed by atoms with Gasteiger partial charge in [0.05, 0.1) is 19.3 Å². The largest absolute Gasteiger partial charge is 0.377 e. The molecular weight excluding hydrogens is 182 g/mol. The highest BCUT2D eigenvalue weighted by atomic mass is 32.2. The normalized spacial score (nSPS) is 16.7. The van der Waals surface area contributed by atoms with Gasteiger partial charge in [0, 0.05) is 10.6 Å². The molecule has 0 unspecified atom stereocenters. The molecule has 3 heteroatoms. The quantitative estimate of drug-likeness (QED) is 0.747. The summed E-state index contributed by atoms with van der Waals surface area (Å²) in [6.07, 6.45) is 2.10. The number of thioether (sulfide) groups is 1. The van der Waals surface area contributed by atoms with Crippen LogP contribution in [0.15, 0.2) is 29.2 Å². The van der Waals surface area contributed by atoms with E-state index < -0.39 is 0 Å². The van der Waals surface area contributed by atoms with Gasteiger partial charge in [0.1, 0.15) is 0 Å². The lowest BCUT2D eigenvalue weighted by Gasteiger charge is -2.28. The van der Waals surface area contributed by atoms with E-state index >= 15 is 0 Å². The molecule has 1 aromatic carbocycles. The maximum Gasteiger partial charge on any atom is 0.0729 e. The third-order valence-corrected chi connectivity index (χ3v) is 2.90. The third kappa shape index (κ3) is 1.98. The van der Waals surface area contributed by atoms with Gasteiger partial charge in [-0.15, -0.1) is 11.8 Å². The molecule has 0 saturated carbocycles. The molecule has 0 aliphatic carbocycles. The molecule has 0 bridgehead atoms. The molecule has 0 atom stereocenters. The molecule has 2 nitrogen and oxygen atoms in total. The van der Waals surface area contributed by atoms with Crippen LogP contribution in [-0.4, -0.2) is 25.5 Å². The lowest BCUT2D eigenvalue weighted by atomic mass is 10.2. The van der Waals surface area contributed by atoms with Crippen molar-refractivity contribution < 1.29 is 4.74 Å². The summed E-state index contributed by atoms with van der Waals surface area (Å²) >= 11 is 1.77. The monoisotopic (exact) mass is 195 g/mol. The van der Waals surface area contributed by atoms with Crippen molar-refractivity contribution in [1.82, 2.24) is 0 Å². The Kier molecular flexibility index (Phi) is 2.76. The molecule has 0 aromatic heterocycles. The molecule has 0 amide bonds. The van der Waals surface area contributed by atoms with Crippen molar-refractivity contribution in [2.24, 2.45) is 0 Å². The van der Waals surface area contributed by atoms with E-state index in [-0.39, 0.29) is 0 Å². The Hall–Kier alpha value is -0.670. The fourth-order valence-electron chi connectivity index (χ4n) is 1.30. The second-order valence-corrected chi connectivity index (χ2v) is 3.93. The van der Waals surface area contributed by atoms with Gasteiger partial charge in [-0.25, -0.2) is 0 Å². The van der Waals surface area contributed by atoms with Crippen LogP contribution in [-0.2, 0) is 4.74 Å². The minimum absolute atomic E-state index is 0.508. The second-order valence-electron chi connectivity index (χ2n) is 3.08. The van der Waals surface area contributed by atoms with Crippen LogP contribution in [0.2, 0.25) is 0 Å². The van der Waals surface area contributed by atoms with Crippen molar-refractivity contribution in [3.63, 3.8) is 0 Å². The number of nitrogens with one attached hydrogen (secondary N) is 1. The maximum absolute atomic E-state index is 5.11. The molecule has 0 radical (unpaired) electrons. The number of anilines is 1. The van der Waals surface area contributed by atoms with Crippen molar-refractivity contribution in [3.05, 3.63) is 24.3 Å². The molecule has 1 fully saturated rings. The zero-order valence-electron chi connectivity index (χ0n) is 7.62. The first-order chi connectivity index (χ1) is 6.40. The predicted molar refractivity (Wildman–Crippen MR) is 56.5 cm³/mol. The molecule has 1 N–H and O–H groups in total. The Morgan fingerprint density at radius 1 is 1.38 bits per heavy atom. The standard InChI is InChI=1S/C10H13NOS/c1-13-10-5-3-2-4-9(10)11-8-6-12-7-8/h2-5,8,11H,6-7H2,1H3. The fourth-order valence-corrected chi connectivity index (χ4v) is 1.86. The number of hydrogen-bond acceptors (Lipinski definition) is 3. The second kappa shape index (κ2) is 4.03. The number of rotatable bonds is 3. The van der Waals surface area contributed by atoms with Crippen LogP contribution in [0.3, 0.4) is 0 Å². The average Bonchev–Trinajstić information content (AvgIpc) is 2.12. The van der Waals surface area contributed by atoms with Crippen LogP contribution in [0.25, 0.3) is 0 Å². The first-order valence-corrected chi connectivity index (χ1v) is 5.60. The van der Waals surface area contributed by atoms with Crippen molar-refractivity contribution >= 4 is 17.4 Å². The van der Waals surface area contributed by atoms with Crippen molar-refractivity contribution in [3.8, 4) is 0 Å². The van der Waals surface area contributed by atoms with Crippen LogP contribution in [0.5, 0.6) is 0 Å². The van der Waals surface area contributed by atoms with Gasteiger partial charge in [-0.1, -0.05) is 12.1 Å². The minimum atomic E-state index is 0.508. The van der Waals surface area contributed by atoms with Crippen LogP contribution in [0, 0.1) is 0 Å². The number of para-hydroxylation sites is 1. The Bertz CT molecular complexity index is 286. The van der Waals surface area contributed by atoms with Gasteiger partial charge >= 0.3 is 0 Å². The molecule has 1 aliphatic heterocycles. The summed E-state index contributed by atoms with van der Waals surface area (Å²) in [6, 6.07) is 8.88. The highest BCUT2D eigenvalue weighted by Gasteiger charge is 2.18. The molecule has 1 heterocycles. The van der Waals surface area contributed by atoms with Gasteiger partial charge in [0.2, 0.25) is 0 Å². The van der Waals surface area contributed by atoms with Crippen molar-refractivity contribution in [2.45, 2.75) is 10.9 Å². The lowest BCUT2D eigenvalue weighted by molar-refractivity contribution is 0.0210. The first-order valence-electron chi connectivity index (χ1n) is 4.37.